The molecule has 0 fully saturated rings. The Morgan fingerprint density at radius 3 is 2.84 bits per heavy atom. The Morgan fingerprint density at radius 2 is 2.16 bits per heavy atom. The number of nitrogen functional groups attached to an aromatic ring is 1. The van der Waals surface area contributed by atoms with Crippen LogP contribution >= 0.6 is 27.3 Å². The number of H-pyrrole nitrogens is 1. The van der Waals surface area contributed by atoms with Crippen LogP contribution in [0, 0.1) is 6.92 Å². The van der Waals surface area contributed by atoms with Crippen LogP contribution < -0.4 is 5.73 Å². The summed E-state index contributed by atoms with van der Waals surface area (Å²) in [5.41, 5.74) is 11.4. The molecule has 3 N–H and O–H groups in total. The number of aromatic nitrogens is 2. The molecule has 0 spiro atoms. The number of nitrogens with one attached hydrogen (secondary N) is 1. The van der Waals surface area contributed by atoms with E-state index in [0.29, 0.717) is 5.82 Å². The van der Waals surface area contributed by atoms with Gasteiger partial charge in [-0.1, -0.05) is 28.1 Å². The molecule has 0 atom stereocenters. The Hall–Kier alpha value is -1.59. The van der Waals surface area contributed by atoms with Crippen LogP contribution in [0.15, 0.2) is 39.5 Å². The Morgan fingerprint density at radius 1 is 1.32 bits per heavy atom. The standard InChI is InChI=1S/C14H12BrN3S/c1-8-6-19-7-11(8)13-12(14(16)18-17-13)9-3-2-4-10(15)5-9/h2-7H,1H3,(H3,16,17,18). The molecule has 1 aromatic carbocycles. The quantitative estimate of drug-likeness (QED) is 0.727. The van der Waals surface area contributed by atoms with E-state index < -0.39 is 0 Å². The third-order valence-corrected chi connectivity index (χ3v) is 4.39. The van der Waals surface area contributed by atoms with Crippen molar-refractivity contribution >= 4 is 33.1 Å². The van der Waals surface area contributed by atoms with Crippen molar-refractivity contribution in [1.82, 2.24) is 10.2 Å². The lowest BCUT2D eigenvalue weighted by atomic mass is 10.0. The zero-order valence-electron chi connectivity index (χ0n) is 10.3. The van der Waals surface area contributed by atoms with Crippen molar-refractivity contribution in [3.05, 3.63) is 45.1 Å². The zero-order chi connectivity index (χ0) is 13.4. The zero-order valence-corrected chi connectivity index (χ0v) is 12.7. The van der Waals surface area contributed by atoms with Gasteiger partial charge in [0.1, 0.15) is 0 Å². The molecule has 0 amide bonds. The number of aryl methyl sites for hydroxylation is 1. The van der Waals surface area contributed by atoms with Gasteiger partial charge in [-0.3, -0.25) is 5.10 Å². The molecule has 96 valence electrons. The predicted octanol–water partition coefficient (Wildman–Crippen LogP) is 4.46. The Kier molecular flexibility index (Phi) is 3.16. The molecular weight excluding hydrogens is 322 g/mol. The minimum atomic E-state index is 0.527. The van der Waals surface area contributed by atoms with Gasteiger partial charge in [0.2, 0.25) is 0 Å². The molecule has 0 saturated heterocycles. The number of thiophene rings is 1. The van der Waals surface area contributed by atoms with E-state index in [4.69, 9.17) is 5.73 Å². The van der Waals surface area contributed by atoms with E-state index in [9.17, 15) is 0 Å². The normalized spacial score (nSPS) is 10.8. The number of nitrogens with zero attached hydrogens (tertiary/aromatic N) is 1. The number of benzene rings is 1. The minimum absolute atomic E-state index is 0.527. The van der Waals surface area contributed by atoms with Gasteiger partial charge in [0, 0.05) is 15.4 Å². The first-order valence-corrected chi connectivity index (χ1v) is 7.53. The third kappa shape index (κ3) is 2.19. The first kappa shape index (κ1) is 12.4. The van der Waals surface area contributed by atoms with Crippen LogP contribution in [-0.4, -0.2) is 10.2 Å². The smallest absolute Gasteiger partial charge is 0.153 e. The highest BCUT2D eigenvalue weighted by atomic mass is 79.9. The molecule has 3 aromatic rings. The first-order valence-electron chi connectivity index (χ1n) is 5.79. The fourth-order valence-electron chi connectivity index (χ4n) is 2.10. The number of rotatable bonds is 2. The summed E-state index contributed by atoms with van der Waals surface area (Å²) in [4.78, 5) is 0. The lowest BCUT2D eigenvalue weighted by Gasteiger charge is -2.05. The topological polar surface area (TPSA) is 54.7 Å². The molecule has 3 nitrogen and oxygen atoms in total. The molecule has 2 heterocycles. The largest absolute Gasteiger partial charge is 0.382 e. The summed E-state index contributed by atoms with van der Waals surface area (Å²) in [7, 11) is 0. The van der Waals surface area contributed by atoms with Crippen LogP contribution in [0.1, 0.15) is 5.56 Å². The van der Waals surface area contributed by atoms with Crippen LogP contribution in [0.25, 0.3) is 22.4 Å². The average molecular weight is 334 g/mol. The number of anilines is 1. The summed E-state index contributed by atoms with van der Waals surface area (Å²) >= 11 is 5.17. The van der Waals surface area contributed by atoms with Crippen LogP contribution in [0.2, 0.25) is 0 Å². The van der Waals surface area contributed by atoms with Gasteiger partial charge >= 0.3 is 0 Å². The maximum Gasteiger partial charge on any atom is 0.153 e. The molecule has 0 unspecified atom stereocenters. The molecule has 0 aliphatic rings. The molecule has 3 rings (SSSR count). The molecular formula is C14H12BrN3S. The molecule has 2 aromatic heterocycles. The summed E-state index contributed by atoms with van der Waals surface area (Å²) in [6.45, 7) is 2.09. The van der Waals surface area contributed by atoms with Crippen LogP contribution in [0.5, 0.6) is 0 Å². The van der Waals surface area contributed by atoms with Gasteiger partial charge < -0.3 is 5.73 Å². The van der Waals surface area contributed by atoms with Gasteiger partial charge in [0.15, 0.2) is 5.82 Å². The van der Waals surface area contributed by atoms with Crippen molar-refractivity contribution < 1.29 is 0 Å². The second-order valence-electron chi connectivity index (χ2n) is 4.34. The molecule has 0 saturated carbocycles. The monoisotopic (exact) mass is 333 g/mol. The van der Waals surface area contributed by atoms with Crippen LogP contribution in [0.3, 0.4) is 0 Å². The highest BCUT2D eigenvalue weighted by molar-refractivity contribution is 9.10. The third-order valence-electron chi connectivity index (χ3n) is 3.03. The van der Waals surface area contributed by atoms with E-state index in [1.807, 2.05) is 24.3 Å². The Labute approximate surface area is 123 Å². The number of hydrogen-bond acceptors (Lipinski definition) is 3. The second kappa shape index (κ2) is 4.83. The van der Waals surface area contributed by atoms with Crippen molar-refractivity contribution in [3.63, 3.8) is 0 Å². The van der Waals surface area contributed by atoms with Crippen LogP contribution in [-0.2, 0) is 0 Å². The minimum Gasteiger partial charge on any atom is -0.382 e. The van der Waals surface area contributed by atoms with E-state index >= 15 is 0 Å². The number of nitrogens with two attached hydrogens (primary N) is 1. The summed E-state index contributed by atoms with van der Waals surface area (Å²) in [5, 5.41) is 11.5. The van der Waals surface area contributed by atoms with E-state index in [1.54, 1.807) is 11.3 Å². The Bertz CT molecular complexity index is 730. The maximum absolute atomic E-state index is 6.03. The van der Waals surface area contributed by atoms with E-state index in [0.717, 1.165) is 26.9 Å². The number of aromatic amines is 1. The Balaban J connectivity index is 2.22. The van der Waals surface area contributed by atoms with E-state index in [1.165, 1.54) is 5.56 Å². The molecule has 5 heteroatoms. The number of hydrogen-bond donors (Lipinski definition) is 2. The number of halogens is 1. The molecule has 0 aliphatic carbocycles. The molecule has 0 bridgehead atoms. The van der Waals surface area contributed by atoms with Gasteiger partial charge in [-0.2, -0.15) is 16.4 Å². The second-order valence-corrected chi connectivity index (χ2v) is 6.00. The lowest BCUT2D eigenvalue weighted by molar-refractivity contribution is 1.10. The van der Waals surface area contributed by atoms with Gasteiger partial charge in [-0.05, 0) is 35.6 Å². The molecule has 0 radical (unpaired) electrons. The fourth-order valence-corrected chi connectivity index (χ4v) is 3.34. The summed E-state index contributed by atoms with van der Waals surface area (Å²) < 4.78 is 1.03. The highest BCUT2D eigenvalue weighted by Crippen LogP contribution is 2.37. The maximum atomic E-state index is 6.03. The molecule has 0 aliphatic heterocycles. The van der Waals surface area contributed by atoms with Gasteiger partial charge in [0.05, 0.1) is 11.3 Å². The van der Waals surface area contributed by atoms with Crippen molar-refractivity contribution in [2.45, 2.75) is 6.92 Å². The lowest BCUT2D eigenvalue weighted by Crippen LogP contribution is -1.89. The van der Waals surface area contributed by atoms with Crippen LogP contribution in [0.4, 0.5) is 5.82 Å². The fraction of sp³-hybridized carbons (Fsp3) is 0.0714. The predicted molar refractivity (Wildman–Crippen MR) is 84.2 cm³/mol. The van der Waals surface area contributed by atoms with Gasteiger partial charge in [0.25, 0.3) is 0 Å². The van der Waals surface area contributed by atoms with E-state index in [-0.39, 0.29) is 0 Å². The summed E-state index contributed by atoms with van der Waals surface area (Å²) in [6.07, 6.45) is 0. The first-order chi connectivity index (χ1) is 9.16. The highest BCUT2D eigenvalue weighted by Gasteiger charge is 2.16. The molecule has 19 heavy (non-hydrogen) atoms. The summed E-state index contributed by atoms with van der Waals surface area (Å²) in [5.74, 6) is 0.527. The van der Waals surface area contributed by atoms with Gasteiger partial charge in [-0.15, -0.1) is 0 Å². The van der Waals surface area contributed by atoms with Crippen molar-refractivity contribution in [2.75, 3.05) is 5.73 Å². The SMILES string of the molecule is Cc1cscc1-c1[nH]nc(N)c1-c1cccc(Br)c1. The van der Waals surface area contributed by atoms with Crippen molar-refractivity contribution in [2.24, 2.45) is 0 Å². The van der Waals surface area contributed by atoms with E-state index in [2.05, 4.69) is 43.8 Å². The average Bonchev–Trinajstić information content (AvgIpc) is 2.95. The van der Waals surface area contributed by atoms with Crippen molar-refractivity contribution in [1.29, 1.82) is 0 Å². The van der Waals surface area contributed by atoms with Crippen molar-refractivity contribution in [3.8, 4) is 22.4 Å². The van der Waals surface area contributed by atoms with Gasteiger partial charge in [-0.25, -0.2) is 0 Å². The summed E-state index contributed by atoms with van der Waals surface area (Å²) in [6, 6.07) is 8.08.